The fourth-order valence-corrected chi connectivity index (χ4v) is 3.06. The second-order valence-electron chi connectivity index (χ2n) is 6.28. The van der Waals surface area contributed by atoms with Crippen LogP contribution in [0.25, 0.3) is 0 Å². The van der Waals surface area contributed by atoms with Crippen LogP contribution in [-0.2, 0) is 4.79 Å². The molecule has 6 nitrogen and oxygen atoms in total. The van der Waals surface area contributed by atoms with E-state index in [2.05, 4.69) is 12.4 Å². The standard InChI is InChI=1S/C16H21FN4O2/c1-19-5-7-20(8-6-19)16(23)18-13-10-15(22)21(11-13)14-4-2-3-12(17)9-14/h2-4,9,13H,5-8,10-11H2,1H3,(H,18,23)/p+1/t13-/m1/s1. The Kier molecular flexibility index (Phi) is 4.47. The first-order valence-corrected chi connectivity index (χ1v) is 7.95. The first kappa shape index (κ1) is 15.7. The van der Waals surface area contributed by atoms with Gasteiger partial charge in [-0.2, -0.15) is 0 Å². The van der Waals surface area contributed by atoms with Gasteiger partial charge in [-0.05, 0) is 18.2 Å². The molecule has 2 N–H and O–H groups in total. The Bertz CT molecular complexity index is 601. The van der Waals surface area contributed by atoms with Crippen molar-refractivity contribution in [3.05, 3.63) is 30.1 Å². The summed E-state index contributed by atoms with van der Waals surface area (Å²) in [4.78, 5) is 29.2. The number of quaternary nitrogens is 1. The number of amides is 3. The van der Waals surface area contributed by atoms with Gasteiger partial charge in [-0.3, -0.25) is 4.79 Å². The summed E-state index contributed by atoms with van der Waals surface area (Å²) >= 11 is 0. The van der Waals surface area contributed by atoms with Crippen molar-refractivity contribution in [1.29, 1.82) is 0 Å². The molecular formula is C16H22FN4O2+. The first-order valence-electron chi connectivity index (χ1n) is 7.95. The van der Waals surface area contributed by atoms with E-state index in [4.69, 9.17) is 0 Å². The highest BCUT2D eigenvalue weighted by Crippen LogP contribution is 2.22. The number of likely N-dealkylation sites (N-methyl/N-ethyl adjacent to an activating group) is 1. The lowest BCUT2D eigenvalue weighted by Crippen LogP contribution is -3.12. The number of halogens is 1. The van der Waals surface area contributed by atoms with Crippen molar-refractivity contribution in [3.63, 3.8) is 0 Å². The van der Waals surface area contributed by atoms with E-state index >= 15 is 0 Å². The van der Waals surface area contributed by atoms with Crippen molar-refractivity contribution in [2.45, 2.75) is 12.5 Å². The Balaban J connectivity index is 1.58. The average molecular weight is 321 g/mol. The Hall–Kier alpha value is -2.15. The van der Waals surface area contributed by atoms with Gasteiger partial charge < -0.3 is 20.0 Å². The van der Waals surface area contributed by atoms with Gasteiger partial charge in [-0.1, -0.05) is 6.07 Å². The number of anilines is 1. The molecule has 0 bridgehead atoms. The number of urea groups is 1. The largest absolute Gasteiger partial charge is 0.334 e. The maximum atomic E-state index is 13.3. The zero-order chi connectivity index (χ0) is 16.4. The van der Waals surface area contributed by atoms with Crippen molar-refractivity contribution in [2.24, 2.45) is 0 Å². The molecule has 0 aromatic heterocycles. The molecular weight excluding hydrogens is 299 g/mol. The highest BCUT2D eigenvalue weighted by molar-refractivity contribution is 5.96. The molecule has 3 rings (SSSR count). The molecule has 0 spiro atoms. The molecule has 23 heavy (non-hydrogen) atoms. The van der Waals surface area contributed by atoms with Crippen LogP contribution in [0, 0.1) is 5.82 Å². The normalized spacial score (nSPS) is 22.5. The van der Waals surface area contributed by atoms with E-state index in [9.17, 15) is 14.0 Å². The third-order valence-electron chi connectivity index (χ3n) is 4.48. The van der Waals surface area contributed by atoms with Crippen molar-refractivity contribution in [1.82, 2.24) is 10.2 Å². The smallest absolute Gasteiger partial charge is 0.318 e. The van der Waals surface area contributed by atoms with E-state index in [0.717, 1.165) is 26.2 Å². The van der Waals surface area contributed by atoms with E-state index < -0.39 is 0 Å². The van der Waals surface area contributed by atoms with Crippen molar-refractivity contribution in [2.75, 3.05) is 44.7 Å². The zero-order valence-electron chi connectivity index (χ0n) is 13.2. The highest BCUT2D eigenvalue weighted by Gasteiger charge is 2.33. The fourth-order valence-electron chi connectivity index (χ4n) is 3.06. The molecule has 1 aromatic carbocycles. The summed E-state index contributed by atoms with van der Waals surface area (Å²) in [5, 5.41) is 2.93. The molecule has 7 heteroatoms. The summed E-state index contributed by atoms with van der Waals surface area (Å²) in [5.74, 6) is -0.466. The van der Waals surface area contributed by atoms with Crippen molar-refractivity contribution >= 4 is 17.6 Å². The van der Waals surface area contributed by atoms with Crippen LogP contribution >= 0.6 is 0 Å². The summed E-state index contributed by atoms with van der Waals surface area (Å²) in [7, 11) is 2.11. The fraction of sp³-hybridized carbons (Fsp3) is 0.500. The lowest BCUT2D eigenvalue weighted by Gasteiger charge is -2.31. The van der Waals surface area contributed by atoms with Gasteiger partial charge in [-0.15, -0.1) is 0 Å². The second-order valence-corrected chi connectivity index (χ2v) is 6.28. The third-order valence-corrected chi connectivity index (χ3v) is 4.48. The number of hydrogen-bond donors (Lipinski definition) is 2. The molecule has 1 atom stereocenters. The van der Waals surface area contributed by atoms with Crippen LogP contribution in [0.4, 0.5) is 14.9 Å². The van der Waals surface area contributed by atoms with Crippen LogP contribution in [0.15, 0.2) is 24.3 Å². The topological polar surface area (TPSA) is 57.1 Å². The number of hydrogen-bond acceptors (Lipinski definition) is 2. The number of nitrogens with zero attached hydrogens (tertiary/aromatic N) is 2. The molecule has 0 aliphatic carbocycles. The first-order chi connectivity index (χ1) is 11.0. The summed E-state index contributed by atoms with van der Waals surface area (Å²) in [5.41, 5.74) is 0.537. The molecule has 124 valence electrons. The molecule has 0 saturated carbocycles. The van der Waals surface area contributed by atoms with Crippen LogP contribution in [0.3, 0.4) is 0 Å². The SMILES string of the molecule is C[NH+]1CCN(C(=O)N[C@@H]2CC(=O)N(c3cccc(F)c3)C2)CC1. The monoisotopic (exact) mass is 321 g/mol. The number of carbonyl (C=O) groups is 2. The molecule has 2 saturated heterocycles. The van der Waals surface area contributed by atoms with Gasteiger partial charge in [0.2, 0.25) is 5.91 Å². The van der Waals surface area contributed by atoms with Gasteiger partial charge >= 0.3 is 6.03 Å². The van der Waals surface area contributed by atoms with E-state index in [-0.39, 0.29) is 30.2 Å². The van der Waals surface area contributed by atoms with E-state index in [1.807, 2.05) is 0 Å². The van der Waals surface area contributed by atoms with Crippen LogP contribution in [-0.4, -0.2) is 62.7 Å². The molecule has 2 fully saturated rings. The van der Waals surface area contributed by atoms with Crippen LogP contribution in [0.5, 0.6) is 0 Å². The Labute approximate surface area is 134 Å². The summed E-state index contributed by atoms with van der Waals surface area (Å²) in [6.45, 7) is 3.71. The van der Waals surface area contributed by atoms with Gasteiger partial charge in [0, 0.05) is 18.7 Å². The van der Waals surface area contributed by atoms with Crippen LogP contribution < -0.4 is 15.1 Å². The molecule has 3 amide bonds. The quantitative estimate of drug-likeness (QED) is 0.769. The second kappa shape index (κ2) is 6.54. The highest BCUT2D eigenvalue weighted by atomic mass is 19.1. The van der Waals surface area contributed by atoms with E-state index in [0.29, 0.717) is 12.2 Å². The number of carbonyl (C=O) groups excluding carboxylic acids is 2. The molecule has 2 aliphatic heterocycles. The molecule has 2 heterocycles. The van der Waals surface area contributed by atoms with Gasteiger partial charge in [0.1, 0.15) is 5.82 Å². The molecule has 0 unspecified atom stereocenters. The van der Waals surface area contributed by atoms with Crippen molar-refractivity contribution < 1.29 is 18.9 Å². The molecule has 2 aliphatic rings. The van der Waals surface area contributed by atoms with Gasteiger partial charge in [0.25, 0.3) is 0 Å². The number of nitrogens with one attached hydrogen (secondary N) is 2. The lowest BCUT2D eigenvalue weighted by atomic mass is 10.2. The van der Waals surface area contributed by atoms with Gasteiger partial charge in [-0.25, -0.2) is 9.18 Å². The van der Waals surface area contributed by atoms with Gasteiger partial charge in [0.05, 0.1) is 39.3 Å². The lowest BCUT2D eigenvalue weighted by molar-refractivity contribution is -0.883. The minimum Gasteiger partial charge on any atom is -0.334 e. The third kappa shape index (κ3) is 3.61. The summed E-state index contributed by atoms with van der Waals surface area (Å²) in [6.07, 6.45) is 0.251. The maximum Gasteiger partial charge on any atom is 0.318 e. The number of piperazine rings is 1. The molecule has 0 radical (unpaired) electrons. The minimum atomic E-state index is -0.372. The predicted molar refractivity (Wildman–Crippen MR) is 83.9 cm³/mol. The van der Waals surface area contributed by atoms with Crippen LogP contribution in [0.1, 0.15) is 6.42 Å². The average Bonchev–Trinajstić information content (AvgIpc) is 2.88. The summed E-state index contributed by atoms with van der Waals surface area (Å²) < 4.78 is 13.3. The minimum absolute atomic E-state index is 0.0938. The number of rotatable bonds is 2. The summed E-state index contributed by atoms with van der Waals surface area (Å²) in [6, 6.07) is 5.62. The zero-order valence-corrected chi connectivity index (χ0v) is 13.2. The Morgan fingerprint density at radius 3 is 2.78 bits per heavy atom. The Morgan fingerprint density at radius 2 is 2.09 bits per heavy atom. The van der Waals surface area contributed by atoms with Crippen LogP contribution in [0.2, 0.25) is 0 Å². The predicted octanol–water partition coefficient (Wildman–Crippen LogP) is -0.529. The van der Waals surface area contributed by atoms with E-state index in [1.54, 1.807) is 17.0 Å². The number of benzene rings is 1. The molecule has 1 aromatic rings. The van der Waals surface area contributed by atoms with Gasteiger partial charge in [0.15, 0.2) is 0 Å². The van der Waals surface area contributed by atoms with Crippen molar-refractivity contribution in [3.8, 4) is 0 Å². The Morgan fingerprint density at radius 1 is 1.35 bits per heavy atom. The maximum absolute atomic E-state index is 13.3. The van der Waals surface area contributed by atoms with E-state index in [1.165, 1.54) is 21.9 Å².